The highest BCUT2D eigenvalue weighted by atomic mass is 35.5. The fourth-order valence-electron chi connectivity index (χ4n) is 2.56. The Morgan fingerprint density at radius 3 is 2.25 bits per heavy atom. The number of nitrogens with one attached hydrogen (secondary N) is 1. The van der Waals surface area contributed by atoms with E-state index < -0.39 is 0 Å². The van der Waals surface area contributed by atoms with Crippen LogP contribution in [-0.2, 0) is 6.42 Å². The van der Waals surface area contributed by atoms with Gasteiger partial charge in [-0.2, -0.15) is 0 Å². The highest BCUT2D eigenvalue weighted by Crippen LogP contribution is 2.29. The van der Waals surface area contributed by atoms with Crippen molar-refractivity contribution in [2.75, 3.05) is 7.05 Å². The fourth-order valence-corrected chi connectivity index (χ4v) is 2.78. The van der Waals surface area contributed by atoms with Crippen LogP contribution in [0.4, 0.5) is 0 Å². The predicted molar refractivity (Wildman–Crippen MR) is 87.6 cm³/mol. The minimum absolute atomic E-state index is 0.205. The van der Waals surface area contributed by atoms with Crippen LogP contribution in [0.5, 0.6) is 0 Å². The number of rotatable bonds is 4. The zero-order chi connectivity index (χ0) is 14.7. The Balaban J connectivity index is 2.43. The molecule has 2 aromatic rings. The second-order valence-corrected chi connectivity index (χ2v) is 5.68. The van der Waals surface area contributed by atoms with Gasteiger partial charge in [-0.3, -0.25) is 0 Å². The van der Waals surface area contributed by atoms with Crippen molar-refractivity contribution in [3.8, 4) is 0 Å². The van der Waals surface area contributed by atoms with Gasteiger partial charge in [0, 0.05) is 5.02 Å². The first-order chi connectivity index (χ1) is 9.56. The van der Waals surface area contributed by atoms with E-state index in [0.29, 0.717) is 0 Å². The molecule has 0 saturated carbocycles. The van der Waals surface area contributed by atoms with E-state index >= 15 is 0 Å². The van der Waals surface area contributed by atoms with E-state index in [4.69, 9.17) is 11.6 Å². The van der Waals surface area contributed by atoms with Gasteiger partial charge in [0.1, 0.15) is 0 Å². The number of hydrogen-bond acceptors (Lipinski definition) is 1. The molecule has 2 rings (SSSR count). The second-order valence-electron chi connectivity index (χ2n) is 5.27. The van der Waals surface area contributed by atoms with E-state index in [1.807, 2.05) is 7.05 Å². The van der Waals surface area contributed by atoms with E-state index in [1.54, 1.807) is 0 Å². The van der Waals surface area contributed by atoms with Crippen molar-refractivity contribution in [1.29, 1.82) is 0 Å². The zero-order valence-corrected chi connectivity index (χ0v) is 13.4. The van der Waals surface area contributed by atoms with Crippen molar-refractivity contribution in [3.63, 3.8) is 0 Å². The summed E-state index contributed by atoms with van der Waals surface area (Å²) in [7, 11) is 2.00. The lowest BCUT2D eigenvalue weighted by Crippen LogP contribution is -2.19. The van der Waals surface area contributed by atoms with E-state index in [2.05, 4.69) is 62.5 Å². The van der Waals surface area contributed by atoms with Crippen LogP contribution in [0, 0.1) is 13.8 Å². The van der Waals surface area contributed by atoms with Crippen molar-refractivity contribution in [2.24, 2.45) is 0 Å². The Hall–Kier alpha value is -1.31. The molecule has 0 bridgehead atoms. The molecule has 1 atom stereocenters. The van der Waals surface area contributed by atoms with Crippen molar-refractivity contribution >= 4 is 11.6 Å². The Labute approximate surface area is 127 Å². The van der Waals surface area contributed by atoms with Crippen LogP contribution in [0.25, 0.3) is 0 Å². The largest absolute Gasteiger partial charge is 0.309 e. The van der Waals surface area contributed by atoms with Crippen LogP contribution in [0.3, 0.4) is 0 Å². The molecule has 0 fully saturated rings. The Morgan fingerprint density at radius 1 is 1.05 bits per heavy atom. The number of hydrogen-bond donors (Lipinski definition) is 1. The van der Waals surface area contributed by atoms with Gasteiger partial charge >= 0.3 is 0 Å². The third kappa shape index (κ3) is 3.05. The molecular weight excluding hydrogens is 266 g/mol. The molecular formula is C18H22ClN. The lowest BCUT2D eigenvalue weighted by Gasteiger charge is -2.21. The molecule has 0 aliphatic rings. The molecule has 0 saturated heterocycles. The van der Waals surface area contributed by atoms with Gasteiger partial charge in [0.15, 0.2) is 0 Å². The molecule has 0 radical (unpaired) electrons. The smallest absolute Gasteiger partial charge is 0.0577 e. The van der Waals surface area contributed by atoms with Gasteiger partial charge in [-0.25, -0.2) is 0 Å². The first-order valence-corrected chi connectivity index (χ1v) is 7.47. The van der Waals surface area contributed by atoms with Gasteiger partial charge < -0.3 is 5.32 Å². The third-order valence-corrected chi connectivity index (χ3v) is 4.28. The maximum absolute atomic E-state index is 6.20. The van der Waals surface area contributed by atoms with Gasteiger partial charge in [0.05, 0.1) is 6.04 Å². The summed E-state index contributed by atoms with van der Waals surface area (Å²) < 4.78 is 0. The van der Waals surface area contributed by atoms with Crippen LogP contribution in [0.2, 0.25) is 5.02 Å². The maximum atomic E-state index is 6.20. The average Bonchev–Trinajstić information content (AvgIpc) is 2.46. The summed E-state index contributed by atoms with van der Waals surface area (Å²) in [4.78, 5) is 0. The lowest BCUT2D eigenvalue weighted by molar-refractivity contribution is 0.686. The van der Waals surface area contributed by atoms with Gasteiger partial charge in [-0.1, -0.05) is 48.9 Å². The lowest BCUT2D eigenvalue weighted by atomic mass is 9.93. The highest BCUT2D eigenvalue weighted by Gasteiger charge is 2.15. The maximum Gasteiger partial charge on any atom is 0.0577 e. The summed E-state index contributed by atoms with van der Waals surface area (Å²) >= 11 is 6.20. The van der Waals surface area contributed by atoms with Crippen molar-refractivity contribution in [2.45, 2.75) is 33.2 Å². The number of aryl methyl sites for hydroxylation is 3. The average molecular weight is 288 g/mol. The van der Waals surface area contributed by atoms with Crippen LogP contribution in [0.15, 0.2) is 36.4 Å². The van der Waals surface area contributed by atoms with Gasteiger partial charge in [-0.15, -0.1) is 0 Å². The molecule has 0 aliphatic heterocycles. The molecule has 0 aliphatic carbocycles. The van der Waals surface area contributed by atoms with Crippen LogP contribution < -0.4 is 5.32 Å². The summed E-state index contributed by atoms with van der Waals surface area (Å²) in [5, 5.41) is 4.25. The van der Waals surface area contributed by atoms with E-state index in [-0.39, 0.29) is 6.04 Å². The molecule has 1 N–H and O–H groups in total. The summed E-state index contributed by atoms with van der Waals surface area (Å²) in [5.74, 6) is 0. The molecule has 1 unspecified atom stereocenters. The summed E-state index contributed by atoms with van der Waals surface area (Å²) in [5.41, 5.74) is 6.29. The second kappa shape index (κ2) is 6.43. The minimum atomic E-state index is 0.205. The molecule has 2 aromatic carbocycles. The fraction of sp³-hybridized carbons (Fsp3) is 0.333. The first-order valence-electron chi connectivity index (χ1n) is 7.09. The Kier molecular flexibility index (Phi) is 4.85. The quantitative estimate of drug-likeness (QED) is 0.849. The standard InChI is InChI=1S/C18H22ClN/c1-5-14-6-8-15(9-7-14)18(20-4)16-10-13(3)17(19)11-12(16)2/h6-11,18,20H,5H2,1-4H3. The summed E-state index contributed by atoms with van der Waals surface area (Å²) in [6, 6.07) is 13.3. The monoisotopic (exact) mass is 287 g/mol. The van der Waals surface area contributed by atoms with Crippen molar-refractivity contribution in [3.05, 3.63) is 69.2 Å². The zero-order valence-electron chi connectivity index (χ0n) is 12.6. The molecule has 0 aromatic heterocycles. The first kappa shape index (κ1) is 15.1. The SMILES string of the molecule is CCc1ccc(C(NC)c2cc(C)c(Cl)cc2C)cc1. The van der Waals surface area contributed by atoms with E-state index in [1.165, 1.54) is 22.3 Å². The summed E-state index contributed by atoms with van der Waals surface area (Å²) in [6.45, 7) is 6.35. The van der Waals surface area contributed by atoms with Crippen LogP contribution in [-0.4, -0.2) is 7.05 Å². The normalized spacial score (nSPS) is 12.4. The van der Waals surface area contributed by atoms with Gasteiger partial charge in [0.25, 0.3) is 0 Å². The van der Waals surface area contributed by atoms with Crippen LogP contribution in [0.1, 0.15) is 40.8 Å². The topological polar surface area (TPSA) is 12.0 Å². The summed E-state index contributed by atoms with van der Waals surface area (Å²) in [6.07, 6.45) is 1.07. The Morgan fingerprint density at radius 2 is 1.70 bits per heavy atom. The molecule has 0 heterocycles. The van der Waals surface area contributed by atoms with E-state index in [9.17, 15) is 0 Å². The highest BCUT2D eigenvalue weighted by molar-refractivity contribution is 6.31. The number of halogens is 1. The molecule has 0 amide bonds. The molecule has 0 spiro atoms. The van der Waals surface area contributed by atoms with Crippen molar-refractivity contribution in [1.82, 2.24) is 5.32 Å². The van der Waals surface area contributed by atoms with E-state index in [0.717, 1.165) is 17.0 Å². The minimum Gasteiger partial charge on any atom is -0.309 e. The van der Waals surface area contributed by atoms with Crippen molar-refractivity contribution < 1.29 is 0 Å². The molecule has 20 heavy (non-hydrogen) atoms. The van der Waals surface area contributed by atoms with Crippen LogP contribution >= 0.6 is 11.6 Å². The Bertz CT molecular complexity index is 587. The van der Waals surface area contributed by atoms with Gasteiger partial charge in [0.2, 0.25) is 0 Å². The third-order valence-electron chi connectivity index (χ3n) is 3.87. The molecule has 106 valence electrons. The van der Waals surface area contributed by atoms with Gasteiger partial charge in [-0.05, 0) is 61.2 Å². The predicted octanol–water partition coefficient (Wildman–Crippen LogP) is 4.83. The molecule has 2 heteroatoms. The molecule has 1 nitrogen and oxygen atoms in total. The number of benzene rings is 2.